The molecule has 2 rings (SSSR count). The van der Waals surface area contributed by atoms with Gasteiger partial charge in [0.25, 0.3) is 0 Å². The smallest absolute Gasteiger partial charge is 0.423 e. The Morgan fingerprint density at radius 2 is 1.72 bits per heavy atom. The predicted octanol–water partition coefficient (Wildman–Crippen LogP) is 1.97. The van der Waals surface area contributed by atoms with Crippen molar-refractivity contribution in [3.63, 3.8) is 0 Å². The van der Waals surface area contributed by atoms with Gasteiger partial charge in [-0.15, -0.1) is 0 Å². The molecule has 1 heterocycles. The van der Waals surface area contributed by atoms with Crippen LogP contribution in [0, 0.1) is 0 Å². The van der Waals surface area contributed by atoms with Crippen LogP contribution in [-0.4, -0.2) is 40.5 Å². The Balaban J connectivity index is 2.04. The molecule has 6 heteroatoms. The highest BCUT2D eigenvalue weighted by Crippen LogP contribution is 2.25. The van der Waals surface area contributed by atoms with E-state index in [4.69, 9.17) is 4.65 Å². The highest BCUT2D eigenvalue weighted by molar-refractivity contribution is 6.60. The molecule has 0 spiro atoms. The minimum atomic E-state index is -1.15. The van der Waals surface area contributed by atoms with Crippen LogP contribution >= 0.6 is 0 Å². The summed E-state index contributed by atoms with van der Waals surface area (Å²) in [6.07, 6.45) is 1.60. The number of nitrogens with zero attached hydrogens (tertiary/aromatic N) is 2. The van der Waals surface area contributed by atoms with Gasteiger partial charge in [0, 0.05) is 25.3 Å². The molecule has 25 heavy (non-hydrogen) atoms. The minimum absolute atomic E-state index is 0.550. The molecule has 0 saturated carbocycles. The van der Waals surface area contributed by atoms with E-state index in [0.29, 0.717) is 5.46 Å². The third-order valence-electron chi connectivity index (χ3n) is 4.59. The van der Waals surface area contributed by atoms with E-state index in [2.05, 4.69) is 17.1 Å². The zero-order chi connectivity index (χ0) is 18.7. The van der Waals surface area contributed by atoms with E-state index in [-0.39, 0.29) is 0 Å². The zero-order valence-corrected chi connectivity index (χ0v) is 15.6. The summed E-state index contributed by atoms with van der Waals surface area (Å²) in [5.41, 5.74) is -0.243. The third kappa shape index (κ3) is 5.04. The molecule has 0 fully saturated rings. The van der Waals surface area contributed by atoms with E-state index in [9.17, 15) is 10.1 Å². The standard InChI is InChI=1S/C19H27BN2O3/c1-18(2,23)19(3,4)25-20(24)16-11-12-17(21-13-16)22(5)14-15-9-7-6-8-10-15/h6-13,23-24H,14H2,1-5H3. The van der Waals surface area contributed by atoms with Crippen molar-refractivity contribution >= 4 is 18.4 Å². The van der Waals surface area contributed by atoms with Crippen molar-refractivity contribution in [2.75, 3.05) is 11.9 Å². The van der Waals surface area contributed by atoms with Gasteiger partial charge in [0.1, 0.15) is 5.82 Å². The summed E-state index contributed by atoms with van der Waals surface area (Å²) in [6, 6.07) is 13.8. The van der Waals surface area contributed by atoms with Gasteiger partial charge in [-0.3, -0.25) is 0 Å². The molecule has 0 atom stereocenters. The van der Waals surface area contributed by atoms with Crippen LogP contribution < -0.4 is 10.4 Å². The molecule has 0 aliphatic carbocycles. The van der Waals surface area contributed by atoms with Gasteiger partial charge < -0.3 is 19.7 Å². The molecule has 0 aliphatic rings. The summed E-state index contributed by atoms with van der Waals surface area (Å²) in [5, 5.41) is 20.4. The van der Waals surface area contributed by atoms with Crippen molar-refractivity contribution in [2.45, 2.75) is 45.4 Å². The van der Waals surface area contributed by atoms with E-state index < -0.39 is 18.3 Å². The van der Waals surface area contributed by atoms with Crippen LogP contribution in [0.1, 0.15) is 33.3 Å². The van der Waals surface area contributed by atoms with Crippen molar-refractivity contribution in [1.82, 2.24) is 4.98 Å². The topological polar surface area (TPSA) is 65.8 Å². The molecule has 2 aromatic rings. The molecule has 0 amide bonds. The molecule has 5 nitrogen and oxygen atoms in total. The number of aliphatic hydroxyl groups is 1. The molecule has 1 aromatic carbocycles. The van der Waals surface area contributed by atoms with Crippen LogP contribution in [0.3, 0.4) is 0 Å². The zero-order valence-electron chi connectivity index (χ0n) is 15.6. The average Bonchev–Trinajstić information content (AvgIpc) is 2.54. The fourth-order valence-corrected chi connectivity index (χ4v) is 2.20. The summed E-state index contributed by atoms with van der Waals surface area (Å²) in [5.74, 6) is 0.807. The summed E-state index contributed by atoms with van der Waals surface area (Å²) in [7, 11) is 0.821. The minimum Gasteiger partial charge on any atom is -0.423 e. The number of pyridine rings is 1. The quantitative estimate of drug-likeness (QED) is 0.753. The fourth-order valence-electron chi connectivity index (χ4n) is 2.20. The van der Waals surface area contributed by atoms with Crippen molar-refractivity contribution in [1.29, 1.82) is 0 Å². The van der Waals surface area contributed by atoms with Crippen molar-refractivity contribution in [3.8, 4) is 0 Å². The Labute approximate surface area is 150 Å². The average molecular weight is 342 g/mol. The highest BCUT2D eigenvalue weighted by Gasteiger charge is 2.39. The number of benzene rings is 1. The molecule has 0 radical (unpaired) electrons. The first-order valence-electron chi connectivity index (χ1n) is 8.39. The first kappa shape index (κ1) is 19.4. The van der Waals surface area contributed by atoms with Crippen LogP contribution in [0.15, 0.2) is 48.7 Å². The van der Waals surface area contributed by atoms with Gasteiger partial charge in [-0.1, -0.05) is 36.4 Å². The van der Waals surface area contributed by atoms with E-state index in [1.165, 1.54) is 5.56 Å². The molecular formula is C19H27BN2O3. The lowest BCUT2D eigenvalue weighted by molar-refractivity contribution is -0.0982. The second-order valence-corrected chi connectivity index (χ2v) is 7.33. The molecule has 0 unspecified atom stereocenters. The number of anilines is 1. The van der Waals surface area contributed by atoms with Crippen molar-refractivity contribution in [3.05, 3.63) is 54.2 Å². The summed E-state index contributed by atoms with van der Waals surface area (Å²) in [6.45, 7) is 7.54. The van der Waals surface area contributed by atoms with Crippen molar-refractivity contribution in [2.24, 2.45) is 0 Å². The maximum Gasteiger partial charge on any atom is 0.493 e. The Bertz CT molecular complexity index is 669. The molecule has 0 aliphatic heterocycles. The molecule has 0 saturated heterocycles. The lowest BCUT2D eigenvalue weighted by atomic mass is 9.77. The van der Waals surface area contributed by atoms with Gasteiger partial charge in [-0.05, 0) is 39.3 Å². The number of rotatable bonds is 7. The Hall–Kier alpha value is -1.89. The Kier molecular flexibility index (Phi) is 5.88. The van der Waals surface area contributed by atoms with Crippen molar-refractivity contribution < 1.29 is 14.8 Å². The largest absolute Gasteiger partial charge is 0.493 e. The summed E-state index contributed by atoms with van der Waals surface area (Å²) >= 11 is 0. The second kappa shape index (κ2) is 7.56. The van der Waals surface area contributed by atoms with Crippen LogP contribution in [-0.2, 0) is 11.2 Å². The summed E-state index contributed by atoms with van der Waals surface area (Å²) < 4.78 is 5.64. The van der Waals surface area contributed by atoms with Gasteiger partial charge in [0.05, 0.1) is 11.2 Å². The normalized spacial score (nSPS) is 12.1. The van der Waals surface area contributed by atoms with Crippen LogP contribution in [0.5, 0.6) is 0 Å². The van der Waals surface area contributed by atoms with Gasteiger partial charge in [0.2, 0.25) is 0 Å². The molecular weight excluding hydrogens is 315 g/mol. The van der Waals surface area contributed by atoms with Gasteiger partial charge in [0.15, 0.2) is 0 Å². The van der Waals surface area contributed by atoms with Gasteiger partial charge in [-0.25, -0.2) is 4.98 Å². The molecule has 2 N–H and O–H groups in total. The second-order valence-electron chi connectivity index (χ2n) is 7.33. The van der Waals surface area contributed by atoms with E-state index in [1.54, 1.807) is 40.0 Å². The molecule has 134 valence electrons. The lowest BCUT2D eigenvalue weighted by Gasteiger charge is -2.38. The first-order valence-corrected chi connectivity index (χ1v) is 8.39. The molecule has 0 bridgehead atoms. The first-order chi connectivity index (χ1) is 11.6. The van der Waals surface area contributed by atoms with Crippen LogP contribution in [0.25, 0.3) is 0 Å². The fraction of sp³-hybridized carbons (Fsp3) is 0.421. The van der Waals surface area contributed by atoms with Gasteiger partial charge >= 0.3 is 7.12 Å². The van der Waals surface area contributed by atoms with Gasteiger partial charge in [-0.2, -0.15) is 0 Å². The number of hydrogen-bond acceptors (Lipinski definition) is 5. The SMILES string of the molecule is CN(Cc1ccccc1)c1ccc(B(O)OC(C)(C)C(C)(C)O)cn1. The highest BCUT2D eigenvalue weighted by atomic mass is 16.5. The van der Waals surface area contributed by atoms with E-state index >= 15 is 0 Å². The maximum absolute atomic E-state index is 10.3. The number of hydrogen-bond donors (Lipinski definition) is 2. The van der Waals surface area contributed by atoms with Crippen LogP contribution in [0.2, 0.25) is 0 Å². The number of aromatic nitrogens is 1. The Morgan fingerprint density at radius 3 is 2.24 bits per heavy atom. The lowest BCUT2D eigenvalue weighted by Crippen LogP contribution is -2.53. The molecule has 1 aromatic heterocycles. The Morgan fingerprint density at radius 1 is 1.08 bits per heavy atom. The van der Waals surface area contributed by atoms with Crippen LogP contribution in [0.4, 0.5) is 5.82 Å². The van der Waals surface area contributed by atoms with E-state index in [1.807, 2.05) is 36.2 Å². The monoisotopic (exact) mass is 342 g/mol. The van der Waals surface area contributed by atoms with E-state index in [0.717, 1.165) is 12.4 Å². The maximum atomic E-state index is 10.3. The third-order valence-corrected chi connectivity index (χ3v) is 4.59. The summed E-state index contributed by atoms with van der Waals surface area (Å²) in [4.78, 5) is 6.45. The predicted molar refractivity (Wildman–Crippen MR) is 102 cm³/mol.